The van der Waals surface area contributed by atoms with E-state index in [1.165, 1.54) is 18.3 Å². The standard InChI is InChI=1S/C19H23N5O3S2/c1-11(25)20-9-12-5-6-14(29-12)13-10-28-18(21-13)22-15(26)7-8-16-23-17(24-27-16)19(2,3)4/h5-6,10H,7-9H2,1-4H3,(H,20,25)(H,21,22,26). The molecule has 10 heteroatoms. The number of hydrogen-bond donors (Lipinski definition) is 2. The molecule has 0 bridgehead atoms. The van der Waals surface area contributed by atoms with Crippen molar-refractivity contribution in [3.05, 3.63) is 34.1 Å². The Balaban J connectivity index is 1.52. The number of anilines is 1. The van der Waals surface area contributed by atoms with Gasteiger partial charge in [-0.2, -0.15) is 4.98 Å². The first-order valence-corrected chi connectivity index (χ1v) is 10.8. The van der Waals surface area contributed by atoms with Crippen molar-refractivity contribution >= 4 is 39.6 Å². The van der Waals surface area contributed by atoms with E-state index in [0.29, 0.717) is 29.8 Å². The van der Waals surface area contributed by atoms with Gasteiger partial charge in [-0.3, -0.25) is 9.59 Å². The number of carbonyl (C=O) groups excluding carboxylic acids is 2. The lowest BCUT2D eigenvalue weighted by molar-refractivity contribution is -0.119. The first-order valence-electron chi connectivity index (χ1n) is 9.12. The number of nitrogens with one attached hydrogen (secondary N) is 2. The maximum absolute atomic E-state index is 12.2. The van der Waals surface area contributed by atoms with Crippen LogP contribution in [0.15, 0.2) is 22.0 Å². The Bertz CT molecular complexity index is 1000. The lowest BCUT2D eigenvalue weighted by Gasteiger charge is -2.10. The zero-order valence-corrected chi connectivity index (χ0v) is 18.4. The zero-order valence-electron chi connectivity index (χ0n) is 16.7. The Kier molecular flexibility index (Phi) is 6.43. The van der Waals surface area contributed by atoms with Crippen LogP contribution in [-0.2, 0) is 28.0 Å². The summed E-state index contributed by atoms with van der Waals surface area (Å²) in [5, 5.41) is 12.0. The minimum absolute atomic E-state index is 0.0613. The molecule has 0 aliphatic heterocycles. The summed E-state index contributed by atoms with van der Waals surface area (Å²) in [6.45, 7) is 8.01. The molecule has 3 aromatic rings. The smallest absolute Gasteiger partial charge is 0.227 e. The number of hydrogen-bond acceptors (Lipinski definition) is 8. The molecule has 0 saturated carbocycles. The van der Waals surface area contributed by atoms with Crippen molar-refractivity contribution < 1.29 is 14.1 Å². The lowest BCUT2D eigenvalue weighted by atomic mass is 9.96. The lowest BCUT2D eigenvalue weighted by Crippen LogP contribution is -2.17. The highest BCUT2D eigenvalue weighted by atomic mass is 32.1. The summed E-state index contributed by atoms with van der Waals surface area (Å²) in [5.41, 5.74) is 0.613. The van der Waals surface area contributed by atoms with Gasteiger partial charge in [-0.25, -0.2) is 4.98 Å². The average Bonchev–Trinajstić information content (AvgIpc) is 3.37. The molecule has 8 nitrogen and oxygen atoms in total. The monoisotopic (exact) mass is 433 g/mol. The molecule has 2 N–H and O–H groups in total. The van der Waals surface area contributed by atoms with E-state index in [4.69, 9.17) is 4.52 Å². The summed E-state index contributed by atoms with van der Waals surface area (Å²) in [6.07, 6.45) is 0.616. The highest BCUT2D eigenvalue weighted by Gasteiger charge is 2.21. The molecule has 0 saturated heterocycles. The fourth-order valence-corrected chi connectivity index (χ4v) is 4.04. The van der Waals surface area contributed by atoms with E-state index in [9.17, 15) is 9.59 Å². The third-order valence-corrected chi connectivity index (χ3v) is 5.75. The molecule has 0 spiro atoms. The minimum atomic E-state index is -0.189. The molecule has 2 amide bonds. The first kappa shape index (κ1) is 21.1. The molecule has 154 valence electrons. The van der Waals surface area contributed by atoms with E-state index in [0.717, 1.165) is 15.4 Å². The van der Waals surface area contributed by atoms with Gasteiger partial charge in [0.1, 0.15) is 0 Å². The summed E-state index contributed by atoms with van der Waals surface area (Å²) in [7, 11) is 0. The van der Waals surface area contributed by atoms with Crippen LogP contribution < -0.4 is 10.6 Å². The van der Waals surface area contributed by atoms with E-state index in [1.54, 1.807) is 11.3 Å². The van der Waals surface area contributed by atoms with Crippen LogP contribution in [0.2, 0.25) is 0 Å². The Morgan fingerprint density at radius 3 is 2.69 bits per heavy atom. The minimum Gasteiger partial charge on any atom is -0.351 e. The van der Waals surface area contributed by atoms with Crippen LogP contribution in [-0.4, -0.2) is 26.9 Å². The third-order valence-electron chi connectivity index (χ3n) is 3.88. The molecular formula is C19H23N5O3S2. The molecule has 0 radical (unpaired) electrons. The fourth-order valence-electron chi connectivity index (χ4n) is 2.33. The second kappa shape index (κ2) is 8.83. The molecule has 0 aliphatic carbocycles. The Morgan fingerprint density at radius 2 is 2.00 bits per heavy atom. The molecule has 0 aromatic carbocycles. The van der Waals surface area contributed by atoms with Crippen LogP contribution in [0.1, 0.15) is 50.7 Å². The molecule has 29 heavy (non-hydrogen) atoms. The topological polar surface area (TPSA) is 110 Å². The second-order valence-corrected chi connectivity index (χ2v) is 9.55. The third kappa shape index (κ3) is 5.94. The van der Waals surface area contributed by atoms with Crippen molar-refractivity contribution in [2.24, 2.45) is 0 Å². The second-order valence-electron chi connectivity index (χ2n) is 7.52. The van der Waals surface area contributed by atoms with Gasteiger partial charge in [0, 0.05) is 35.4 Å². The van der Waals surface area contributed by atoms with Crippen molar-refractivity contribution in [2.75, 3.05) is 5.32 Å². The number of thiophene rings is 1. The van der Waals surface area contributed by atoms with Gasteiger partial charge >= 0.3 is 0 Å². The van der Waals surface area contributed by atoms with Gasteiger partial charge in [0.15, 0.2) is 11.0 Å². The quantitative estimate of drug-likeness (QED) is 0.587. The summed E-state index contributed by atoms with van der Waals surface area (Å²) < 4.78 is 5.21. The summed E-state index contributed by atoms with van der Waals surface area (Å²) in [4.78, 5) is 34.1. The van der Waals surface area contributed by atoms with Crippen molar-refractivity contribution in [3.8, 4) is 10.6 Å². The number of nitrogens with zero attached hydrogens (tertiary/aromatic N) is 3. The fraction of sp³-hybridized carbons (Fsp3) is 0.421. The summed E-state index contributed by atoms with van der Waals surface area (Å²) in [6, 6.07) is 3.93. The first-order chi connectivity index (χ1) is 13.7. The zero-order chi connectivity index (χ0) is 21.0. The Hall–Kier alpha value is -2.59. The highest BCUT2D eigenvalue weighted by molar-refractivity contribution is 7.17. The van der Waals surface area contributed by atoms with Crippen molar-refractivity contribution in [3.63, 3.8) is 0 Å². The van der Waals surface area contributed by atoms with Gasteiger partial charge in [0.2, 0.25) is 17.7 Å². The Labute approximate surface area is 176 Å². The molecule has 3 rings (SSSR count). The molecule has 3 heterocycles. The average molecular weight is 434 g/mol. The van der Waals surface area contributed by atoms with Crippen molar-refractivity contribution in [1.29, 1.82) is 0 Å². The van der Waals surface area contributed by atoms with Gasteiger partial charge in [0.25, 0.3) is 0 Å². The Morgan fingerprint density at radius 1 is 1.21 bits per heavy atom. The van der Waals surface area contributed by atoms with Gasteiger partial charge in [-0.15, -0.1) is 22.7 Å². The predicted octanol–water partition coefficient (Wildman–Crippen LogP) is 3.76. The highest BCUT2D eigenvalue weighted by Crippen LogP contribution is 2.31. The van der Waals surface area contributed by atoms with Gasteiger partial charge in [0.05, 0.1) is 17.1 Å². The van der Waals surface area contributed by atoms with Crippen LogP contribution in [0.4, 0.5) is 5.13 Å². The van der Waals surface area contributed by atoms with E-state index in [1.807, 2.05) is 38.3 Å². The molecule has 0 atom stereocenters. The van der Waals surface area contributed by atoms with E-state index < -0.39 is 0 Å². The van der Waals surface area contributed by atoms with Crippen LogP contribution in [0.5, 0.6) is 0 Å². The van der Waals surface area contributed by atoms with Gasteiger partial charge < -0.3 is 15.2 Å². The SMILES string of the molecule is CC(=O)NCc1ccc(-c2csc(NC(=O)CCc3nc(C(C)(C)C)no3)n2)s1. The number of carbonyl (C=O) groups is 2. The van der Waals surface area contributed by atoms with E-state index >= 15 is 0 Å². The predicted molar refractivity (Wildman–Crippen MR) is 113 cm³/mol. The normalized spacial score (nSPS) is 11.4. The van der Waals surface area contributed by atoms with Crippen LogP contribution in [0.3, 0.4) is 0 Å². The van der Waals surface area contributed by atoms with Gasteiger partial charge in [-0.05, 0) is 12.1 Å². The van der Waals surface area contributed by atoms with Crippen LogP contribution >= 0.6 is 22.7 Å². The maximum Gasteiger partial charge on any atom is 0.227 e. The molecule has 0 unspecified atom stereocenters. The van der Waals surface area contributed by atoms with E-state index in [-0.39, 0.29) is 23.7 Å². The van der Waals surface area contributed by atoms with Crippen molar-refractivity contribution in [1.82, 2.24) is 20.4 Å². The number of amides is 2. The summed E-state index contributed by atoms with van der Waals surface area (Å²) >= 11 is 2.93. The summed E-state index contributed by atoms with van der Waals surface area (Å²) in [5.74, 6) is 0.870. The number of rotatable bonds is 7. The number of thiazole rings is 1. The van der Waals surface area contributed by atoms with Crippen molar-refractivity contribution in [2.45, 2.75) is 52.5 Å². The molecule has 0 aliphatic rings. The van der Waals surface area contributed by atoms with Gasteiger partial charge in [-0.1, -0.05) is 25.9 Å². The number of aromatic nitrogens is 3. The van der Waals surface area contributed by atoms with E-state index in [2.05, 4.69) is 25.8 Å². The molecular weight excluding hydrogens is 410 g/mol. The van der Waals surface area contributed by atoms with Crippen LogP contribution in [0, 0.1) is 0 Å². The van der Waals surface area contributed by atoms with Crippen LogP contribution in [0.25, 0.3) is 10.6 Å². The largest absolute Gasteiger partial charge is 0.351 e. The maximum atomic E-state index is 12.2. The molecule has 0 fully saturated rings. The number of aryl methyl sites for hydroxylation is 1. The molecule has 3 aromatic heterocycles.